The first-order valence-corrected chi connectivity index (χ1v) is 5.82. The monoisotopic (exact) mass is 255 g/mol. The average Bonchev–Trinajstić information content (AvgIpc) is 2.25. The Balaban J connectivity index is 2.87. The molecule has 0 aliphatic carbocycles. The largest absolute Gasteiger partial charge is 0.467 e. The van der Waals surface area contributed by atoms with E-state index >= 15 is 0 Å². The zero-order valence-corrected chi connectivity index (χ0v) is 11.3. The highest BCUT2D eigenvalue weighted by Gasteiger charge is 2.32. The molecule has 94 valence electrons. The summed E-state index contributed by atoms with van der Waals surface area (Å²) >= 11 is 5.81. The van der Waals surface area contributed by atoms with Crippen molar-refractivity contribution in [1.29, 1.82) is 0 Å². The second-order valence-corrected chi connectivity index (χ2v) is 5.41. The van der Waals surface area contributed by atoms with E-state index in [0.717, 1.165) is 5.69 Å². The second-order valence-electron chi connectivity index (χ2n) is 4.97. The van der Waals surface area contributed by atoms with Crippen molar-refractivity contribution >= 4 is 23.3 Å². The van der Waals surface area contributed by atoms with Crippen molar-refractivity contribution in [2.75, 3.05) is 12.4 Å². The Kier molecular flexibility index (Phi) is 4.40. The van der Waals surface area contributed by atoms with Crippen LogP contribution in [0.2, 0.25) is 5.02 Å². The maximum atomic E-state index is 11.7. The van der Waals surface area contributed by atoms with Crippen LogP contribution in [0.3, 0.4) is 0 Å². The molecular formula is C13H18ClNO2. The Morgan fingerprint density at radius 2 is 1.82 bits per heavy atom. The van der Waals surface area contributed by atoms with Gasteiger partial charge in [-0.25, -0.2) is 4.79 Å². The van der Waals surface area contributed by atoms with Gasteiger partial charge in [0.2, 0.25) is 0 Å². The third-order valence-corrected chi connectivity index (χ3v) is 2.71. The lowest BCUT2D eigenvalue weighted by Crippen LogP contribution is -2.41. The molecule has 4 heteroatoms. The summed E-state index contributed by atoms with van der Waals surface area (Å²) in [5.41, 5.74) is 0.618. The first-order chi connectivity index (χ1) is 7.84. The Morgan fingerprint density at radius 3 is 2.24 bits per heavy atom. The first kappa shape index (κ1) is 13.8. The van der Waals surface area contributed by atoms with Gasteiger partial charge in [-0.2, -0.15) is 0 Å². The number of hydrogen-bond acceptors (Lipinski definition) is 3. The van der Waals surface area contributed by atoms with Crippen LogP contribution >= 0.6 is 11.6 Å². The molecule has 0 aliphatic heterocycles. The van der Waals surface area contributed by atoms with Crippen LogP contribution in [0.4, 0.5) is 5.69 Å². The van der Waals surface area contributed by atoms with Gasteiger partial charge in [-0.05, 0) is 29.7 Å². The second kappa shape index (κ2) is 5.41. The van der Waals surface area contributed by atoms with Gasteiger partial charge in [0, 0.05) is 10.7 Å². The van der Waals surface area contributed by atoms with Crippen LogP contribution in [0, 0.1) is 5.41 Å². The summed E-state index contributed by atoms with van der Waals surface area (Å²) < 4.78 is 4.81. The topological polar surface area (TPSA) is 38.3 Å². The van der Waals surface area contributed by atoms with Crippen LogP contribution in [-0.4, -0.2) is 19.1 Å². The van der Waals surface area contributed by atoms with E-state index in [1.165, 1.54) is 7.11 Å². The smallest absolute Gasteiger partial charge is 0.328 e. The van der Waals surface area contributed by atoms with Crippen LogP contribution < -0.4 is 5.32 Å². The van der Waals surface area contributed by atoms with Gasteiger partial charge in [0.25, 0.3) is 0 Å². The molecule has 0 spiro atoms. The van der Waals surface area contributed by atoms with Crippen molar-refractivity contribution in [2.24, 2.45) is 5.41 Å². The SMILES string of the molecule is COC(=O)C(Nc1ccc(Cl)cc1)C(C)(C)C. The summed E-state index contributed by atoms with van der Waals surface area (Å²) in [6, 6.07) is 6.84. The van der Waals surface area contributed by atoms with E-state index in [9.17, 15) is 4.79 Å². The van der Waals surface area contributed by atoms with E-state index in [2.05, 4.69) is 5.32 Å². The molecule has 1 unspecified atom stereocenters. The number of nitrogens with one attached hydrogen (secondary N) is 1. The lowest BCUT2D eigenvalue weighted by molar-refractivity contribution is -0.143. The van der Waals surface area contributed by atoms with Crippen LogP contribution in [-0.2, 0) is 9.53 Å². The normalized spacial score (nSPS) is 13.0. The summed E-state index contributed by atoms with van der Waals surface area (Å²) in [6.07, 6.45) is 0. The van der Waals surface area contributed by atoms with Crippen LogP contribution in [0.5, 0.6) is 0 Å². The molecule has 1 aromatic rings. The summed E-state index contributed by atoms with van der Waals surface area (Å²) in [5.74, 6) is -0.271. The van der Waals surface area contributed by atoms with E-state index in [4.69, 9.17) is 16.3 Å². The van der Waals surface area contributed by atoms with Gasteiger partial charge in [0.1, 0.15) is 6.04 Å². The fourth-order valence-electron chi connectivity index (χ4n) is 1.46. The molecule has 0 heterocycles. The Labute approximate surface area is 107 Å². The van der Waals surface area contributed by atoms with Gasteiger partial charge in [0.05, 0.1) is 7.11 Å². The van der Waals surface area contributed by atoms with Crippen molar-refractivity contribution in [3.8, 4) is 0 Å². The molecule has 1 aromatic carbocycles. The Bertz CT molecular complexity index is 381. The lowest BCUT2D eigenvalue weighted by atomic mass is 9.86. The van der Waals surface area contributed by atoms with E-state index < -0.39 is 6.04 Å². The van der Waals surface area contributed by atoms with Crippen molar-refractivity contribution < 1.29 is 9.53 Å². The third kappa shape index (κ3) is 3.93. The maximum Gasteiger partial charge on any atom is 0.328 e. The van der Waals surface area contributed by atoms with Gasteiger partial charge >= 0.3 is 5.97 Å². The lowest BCUT2D eigenvalue weighted by Gasteiger charge is -2.29. The highest BCUT2D eigenvalue weighted by atomic mass is 35.5. The van der Waals surface area contributed by atoms with Crippen molar-refractivity contribution in [1.82, 2.24) is 0 Å². The quantitative estimate of drug-likeness (QED) is 0.842. The number of esters is 1. The van der Waals surface area contributed by atoms with Gasteiger partial charge in [0.15, 0.2) is 0 Å². The molecule has 0 saturated heterocycles. The minimum absolute atomic E-state index is 0.229. The van der Waals surface area contributed by atoms with Gasteiger partial charge < -0.3 is 10.1 Å². The highest BCUT2D eigenvalue weighted by Crippen LogP contribution is 2.24. The standard InChI is InChI=1S/C13H18ClNO2/c1-13(2,3)11(12(16)17-4)15-10-7-5-9(14)6-8-10/h5-8,11,15H,1-4H3. The van der Waals surface area contributed by atoms with Crippen LogP contribution in [0.1, 0.15) is 20.8 Å². The molecule has 3 nitrogen and oxygen atoms in total. The maximum absolute atomic E-state index is 11.7. The van der Waals surface area contributed by atoms with Gasteiger partial charge in [-0.1, -0.05) is 32.4 Å². The first-order valence-electron chi connectivity index (χ1n) is 5.44. The fraction of sp³-hybridized carbons (Fsp3) is 0.462. The zero-order valence-electron chi connectivity index (χ0n) is 10.6. The molecule has 0 radical (unpaired) electrons. The Morgan fingerprint density at radius 1 is 1.29 bits per heavy atom. The molecule has 0 fully saturated rings. The summed E-state index contributed by atoms with van der Waals surface area (Å²) in [7, 11) is 1.39. The average molecular weight is 256 g/mol. The third-order valence-electron chi connectivity index (χ3n) is 2.46. The molecule has 1 rings (SSSR count). The number of benzene rings is 1. The molecule has 1 N–H and O–H groups in total. The summed E-state index contributed by atoms with van der Waals surface area (Å²) in [5, 5.41) is 3.83. The van der Waals surface area contributed by atoms with E-state index in [1.54, 1.807) is 12.1 Å². The number of hydrogen-bond donors (Lipinski definition) is 1. The summed E-state index contributed by atoms with van der Waals surface area (Å²) in [6.45, 7) is 5.95. The molecule has 1 atom stereocenters. The summed E-state index contributed by atoms with van der Waals surface area (Å²) in [4.78, 5) is 11.7. The number of methoxy groups -OCH3 is 1. The molecule has 17 heavy (non-hydrogen) atoms. The predicted molar refractivity (Wildman–Crippen MR) is 70.3 cm³/mol. The van der Waals surface area contributed by atoms with Crippen molar-refractivity contribution in [2.45, 2.75) is 26.8 Å². The number of carbonyl (C=O) groups is 1. The minimum Gasteiger partial charge on any atom is -0.467 e. The minimum atomic E-state index is -0.395. The number of halogens is 1. The number of ether oxygens (including phenoxy) is 1. The number of rotatable bonds is 3. The highest BCUT2D eigenvalue weighted by molar-refractivity contribution is 6.30. The van der Waals surface area contributed by atoms with Crippen molar-refractivity contribution in [3.05, 3.63) is 29.3 Å². The van der Waals surface area contributed by atoms with E-state index in [1.807, 2.05) is 32.9 Å². The number of anilines is 1. The van der Waals surface area contributed by atoms with Crippen LogP contribution in [0.25, 0.3) is 0 Å². The molecule has 0 amide bonds. The molecule has 0 bridgehead atoms. The van der Waals surface area contributed by atoms with Gasteiger partial charge in [-0.15, -0.1) is 0 Å². The zero-order chi connectivity index (χ0) is 13.1. The molecule has 0 saturated carbocycles. The molecular weight excluding hydrogens is 238 g/mol. The predicted octanol–water partition coefficient (Wildman–Crippen LogP) is 3.34. The molecule has 0 aromatic heterocycles. The fourth-order valence-corrected chi connectivity index (χ4v) is 1.59. The Hall–Kier alpha value is -1.22. The van der Waals surface area contributed by atoms with E-state index in [-0.39, 0.29) is 11.4 Å². The number of carbonyl (C=O) groups excluding carboxylic acids is 1. The van der Waals surface area contributed by atoms with Crippen molar-refractivity contribution in [3.63, 3.8) is 0 Å². The van der Waals surface area contributed by atoms with Crippen LogP contribution in [0.15, 0.2) is 24.3 Å². The van der Waals surface area contributed by atoms with Gasteiger partial charge in [-0.3, -0.25) is 0 Å². The molecule has 0 aliphatic rings. The van der Waals surface area contributed by atoms with E-state index in [0.29, 0.717) is 5.02 Å².